The average Bonchev–Trinajstić information content (AvgIpc) is 2.03. The number of ether oxygens (including phenoxy) is 1. The lowest BCUT2D eigenvalue weighted by molar-refractivity contribution is -0.173. The highest BCUT2D eigenvalue weighted by molar-refractivity contribution is 6.02. The van der Waals surface area contributed by atoms with E-state index in [1.807, 2.05) is 5.32 Å². The van der Waals surface area contributed by atoms with E-state index in [1.165, 1.54) is 7.05 Å². The third-order valence-corrected chi connectivity index (χ3v) is 1.32. The zero-order valence-electron chi connectivity index (χ0n) is 7.03. The molecule has 74 valence electrons. The van der Waals surface area contributed by atoms with Gasteiger partial charge in [0.1, 0.15) is 0 Å². The molecule has 0 aromatic carbocycles. The highest BCUT2D eigenvalue weighted by Gasteiger charge is 2.45. The highest BCUT2D eigenvalue weighted by Crippen LogP contribution is 2.10. The molecule has 0 aliphatic heterocycles. The summed E-state index contributed by atoms with van der Waals surface area (Å²) >= 11 is 0. The van der Waals surface area contributed by atoms with Gasteiger partial charge in [-0.15, -0.1) is 0 Å². The molecule has 1 amide bonds. The summed E-state index contributed by atoms with van der Waals surface area (Å²) in [6, 6.07) is 0. The van der Waals surface area contributed by atoms with E-state index in [9.17, 15) is 14.4 Å². The van der Waals surface area contributed by atoms with E-state index in [2.05, 4.69) is 4.74 Å². The van der Waals surface area contributed by atoms with Crippen LogP contribution in [0.4, 0.5) is 4.79 Å². The van der Waals surface area contributed by atoms with Crippen molar-refractivity contribution < 1.29 is 29.3 Å². The second kappa shape index (κ2) is 3.74. The Bertz CT molecular complexity index is 234. The highest BCUT2D eigenvalue weighted by atomic mass is 16.6. The van der Waals surface area contributed by atoms with Gasteiger partial charge in [0.2, 0.25) is 0 Å². The molecule has 3 N–H and O–H groups in total. The maximum Gasteiger partial charge on any atom is 0.408 e. The van der Waals surface area contributed by atoms with Crippen LogP contribution in [0, 0.1) is 0 Å². The topological polar surface area (TPSA) is 113 Å². The number of amides is 1. The van der Waals surface area contributed by atoms with Crippen LogP contribution in [-0.2, 0) is 14.3 Å². The number of carboxylic acid groups (broad SMARTS) is 2. The van der Waals surface area contributed by atoms with Gasteiger partial charge in [0, 0.05) is 7.05 Å². The van der Waals surface area contributed by atoms with Crippen molar-refractivity contribution in [2.45, 2.75) is 12.5 Å². The minimum atomic E-state index is -2.56. The van der Waals surface area contributed by atoms with Crippen molar-refractivity contribution in [3.8, 4) is 0 Å². The molecule has 0 aliphatic carbocycles. The molecule has 0 radical (unpaired) electrons. The Morgan fingerprint density at radius 1 is 1.23 bits per heavy atom. The molecular formula is C6H9NO6. The van der Waals surface area contributed by atoms with Crippen molar-refractivity contribution in [3.63, 3.8) is 0 Å². The van der Waals surface area contributed by atoms with Crippen LogP contribution in [0.3, 0.4) is 0 Å². The van der Waals surface area contributed by atoms with E-state index in [0.29, 0.717) is 0 Å². The predicted octanol–water partition coefficient (Wildman–Crippen LogP) is -0.730. The summed E-state index contributed by atoms with van der Waals surface area (Å²) in [5.74, 6) is -3.49. The first kappa shape index (κ1) is 11.2. The van der Waals surface area contributed by atoms with Crippen molar-refractivity contribution in [3.05, 3.63) is 0 Å². The van der Waals surface area contributed by atoms with Gasteiger partial charge in [0.05, 0.1) is 0 Å². The number of rotatable bonds is 3. The second-order valence-electron chi connectivity index (χ2n) is 2.28. The van der Waals surface area contributed by atoms with E-state index < -0.39 is 23.6 Å². The van der Waals surface area contributed by atoms with Gasteiger partial charge in [0.15, 0.2) is 0 Å². The van der Waals surface area contributed by atoms with Crippen LogP contribution >= 0.6 is 0 Å². The molecule has 0 heterocycles. The Morgan fingerprint density at radius 2 is 1.62 bits per heavy atom. The van der Waals surface area contributed by atoms with Crippen LogP contribution in [-0.4, -0.2) is 40.9 Å². The SMILES string of the molecule is CNC(=O)OC(C)(C(=O)O)C(=O)O. The fraction of sp³-hybridized carbons (Fsp3) is 0.500. The molecule has 0 rings (SSSR count). The molecule has 0 aromatic rings. The normalized spacial score (nSPS) is 10.3. The van der Waals surface area contributed by atoms with E-state index in [0.717, 1.165) is 6.92 Å². The number of nitrogens with one attached hydrogen (secondary N) is 1. The standard InChI is InChI=1S/C6H9NO6/c1-6(3(8)9,4(10)11)13-5(12)7-2/h1-2H3,(H,7,12)(H,8,9)(H,10,11). The van der Waals surface area contributed by atoms with E-state index in [-0.39, 0.29) is 0 Å². The van der Waals surface area contributed by atoms with Crippen molar-refractivity contribution >= 4 is 18.0 Å². The quantitative estimate of drug-likeness (QED) is 0.507. The smallest absolute Gasteiger partial charge is 0.408 e. The molecule has 0 unspecified atom stereocenters. The number of aliphatic carboxylic acids is 2. The first-order valence-corrected chi connectivity index (χ1v) is 3.22. The Labute approximate surface area is 73.3 Å². The summed E-state index contributed by atoms with van der Waals surface area (Å²) in [6.07, 6.45) is -1.12. The van der Waals surface area contributed by atoms with Crippen LogP contribution in [0.1, 0.15) is 6.92 Å². The number of alkyl carbamates (subject to hydrolysis) is 1. The summed E-state index contributed by atoms with van der Waals surface area (Å²) in [6.45, 7) is 0.771. The minimum absolute atomic E-state index is 0.771. The van der Waals surface area contributed by atoms with Crippen LogP contribution in [0.25, 0.3) is 0 Å². The van der Waals surface area contributed by atoms with Gasteiger partial charge in [-0.1, -0.05) is 0 Å². The van der Waals surface area contributed by atoms with E-state index in [4.69, 9.17) is 10.2 Å². The molecule has 0 saturated heterocycles. The zero-order valence-corrected chi connectivity index (χ0v) is 7.03. The molecule has 7 nitrogen and oxygen atoms in total. The van der Waals surface area contributed by atoms with E-state index in [1.54, 1.807) is 0 Å². The van der Waals surface area contributed by atoms with Gasteiger partial charge in [0.25, 0.3) is 0 Å². The number of carboxylic acids is 2. The van der Waals surface area contributed by atoms with E-state index >= 15 is 0 Å². The average molecular weight is 191 g/mol. The molecule has 0 aliphatic rings. The first-order valence-electron chi connectivity index (χ1n) is 3.22. The molecule has 0 spiro atoms. The van der Waals surface area contributed by atoms with Gasteiger partial charge in [-0.05, 0) is 6.92 Å². The molecule has 0 saturated carbocycles. The number of carbonyl (C=O) groups excluding carboxylic acids is 1. The van der Waals surface area contributed by atoms with Crippen LogP contribution in [0.15, 0.2) is 0 Å². The maximum absolute atomic E-state index is 10.6. The lowest BCUT2D eigenvalue weighted by Gasteiger charge is -2.19. The fourth-order valence-corrected chi connectivity index (χ4v) is 0.415. The van der Waals surface area contributed by atoms with Crippen LogP contribution in [0.5, 0.6) is 0 Å². The maximum atomic E-state index is 10.6. The molecule has 0 bridgehead atoms. The number of carbonyl (C=O) groups is 3. The van der Waals surface area contributed by atoms with Gasteiger partial charge < -0.3 is 20.3 Å². The van der Waals surface area contributed by atoms with Gasteiger partial charge in [-0.3, -0.25) is 0 Å². The molecular weight excluding hydrogens is 182 g/mol. The Balaban J connectivity index is 4.72. The Hall–Kier alpha value is -1.79. The van der Waals surface area contributed by atoms with Crippen molar-refractivity contribution in [1.82, 2.24) is 5.32 Å². The van der Waals surface area contributed by atoms with Crippen LogP contribution < -0.4 is 5.32 Å². The second-order valence-corrected chi connectivity index (χ2v) is 2.28. The zero-order chi connectivity index (χ0) is 10.6. The Kier molecular flexibility index (Phi) is 3.23. The lowest BCUT2D eigenvalue weighted by atomic mass is 10.1. The largest absolute Gasteiger partial charge is 0.478 e. The van der Waals surface area contributed by atoms with Crippen molar-refractivity contribution in [1.29, 1.82) is 0 Å². The summed E-state index contributed by atoms with van der Waals surface area (Å²) < 4.78 is 4.16. The minimum Gasteiger partial charge on any atom is -0.478 e. The molecule has 0 fully saturated rings. The van der Waals surface area contributed by atoms with Crippen LogP contribution in [0.2, 0.25) is 0 Å². The third kappa shape index (κ3) is 2.32. The monoisotopic (exact) mass is 191 g/mol. The molecule has 0 atom stereocenters. The number of hydrogen-bond acceptors (Lipinski definition) is 4. The molecule has 0 aromatic heterocycles. The van der Waals surface area contributed by atoms with Crippen molar-refractivity contribution in [2.75, 3.05) is 7.05 Å². The van der Waals surface area contributed by atoms with Gasteiger partial charge in [-0.2, -0.15) is 0 Å². The van der Waals surface area contributed by atoms with Gasteiger partial charge in [-0.25, -0.2) is 14.4 Å². The predicted molar refractivity (Wildman–Crippen MR) is 39.2 cm³/mol. The Morgan fingerprint density at radius 3 is 1.85 bits per heavy atom. The first-order chi connectivity index (χ1) is 5.84. The van der Waals surface area contributed by atoms with Crippen molar-refractivity contribution in [2.24, 2.45) is 0 Å². The molecule has 7 heteroatoms. The fourth-order valence-electron chi connectivity index (χ4n) is 0.415. The summed E-state index contributed by atoms with van der Waals surface area (Å²) in [7, 11) is 1.19. The number of hydrogen-bond donors (Lipinski definition) is 3. The summed E-state index contributed by atoms with van der Waals surface area (Å²) in [5.41, 5.74) is -2.56. The van der Waals surface area contributed by atoms with Gasteiger partial charge >= 0.3 is 23.6 Å². The summed E-state index contributed by atoms with van der Waals surface area (Å²) in [5, 5.41) is 18.9. The summed E-state index contributed by atoms with van der Waals surface area (Å²) in [4.78, 5) is 31.4. The third-order valence-electron chi connectivity index (χ3n) is 1.32. The molecule has 13 heavy (non-hydrogen) atoms. The lowest BCUT2D eigenvalue weighted by Crippen LogP contribution is -2.49.